The molecule has 88 valence electrons. The number of benzene rings is 1. The minimum absolute atomic E-state index is 0.275. The molecule has 0 aliphatic heterocycles. The predicted octanol–water partition coefficient (Wildman–Crippen LogP) is 3.40. The molecule has 0 unspecified atom stereocenters. The quantitative estimate of drug-likeness (QED) is 0.766. The molecule has 0 saturated heterocycles. The van der Waals surface area contributed by atoms with Crippen molar-refractivity contribution in [1.29, 1.82) is 0 Å². The molecule has 0 heterocycles. The van der Waals surface area contributed by atoms with Crippen LogP contribution in [0.5, 0.6) is 0 Å². The first-order chi connectivity index (χ1) is 7.74. The number of hydrogen-bond donors (Lipinski definition) is 2. The summed E-state index contributed by atoms with van der Waals surface area (Å²) in [5, 5.41) is 3.23. The van der Waals surface area contributed by atoms with Gasteiger partial charge in [0.1, 0.15) is 5.82 Å². The molecule has 1 aromatic carbocycles. The van der Waals surface area contributed by atoms with E-state index in [4.69, 9.17) is 5.73 Å². The average molecular weight is 222 g/mol. The number of rotatable bonds is 4. The van der Waals surface area contributed by atoms with Crippen LogP contribution in [0.15, 0.2) is 18.2 Å². The van der Waals surface area contributed by atoms with Gasteiger partial charge >= 0.3 is 0 Å². The Morgan fingerprint density at radius 3 is 2.69 bits per heavy atom. The summed E-state index contributed by atoms with van der Waals surface area (Å²) >= 11 is 0. The van der Waals surface area contributed by atoms with Gasteiger partial charge in [-0.1, -0.05) is 25.7 Å². The fourth-order valence-electron chi connectivity index (χ4n) is 2.43. The predicted molar refractivity (Wildman–Crippen MR) is 65.9 cm³/mol. The van der Waals surface area contributed by atoms with Crippen LogP contribution in [-0.2, 0) is 0 Å². The fraction of sp³-hybridized carbons (Fsp3) is 0.538. The highest BCUT2D eigenvalue weighted by Crippen LogP contribution is 2.27. The van der Waals surface area contributed by atoms with Crippen LogP contribution in [0.3, 0.4) is 0 Å². The van der Waals surface area contributed by atoms with Crippen LogP contribution < -0.4 is 11.1 Å². The van der Waals surface area contributed by atoms with E-state index in [9.17, 15) is 4.39 Å². The van der Waals surface area contributed by atoms with Gasteiger partial charge in [-0.05, 0) is 30.5 Å². The highest BCUT2D eigenvalue weighted by molar-refractivity contribution is 5.54. The minimum atomic E-state index is -0.275. The molecule has 0 amide bonds. The molecule has 1 aromatic rings. The fourth-order valence-corrected chi connectivity index (χ4v) is 2.43. The Hall–Kier alpha value is -1.25. The van der Waals surface area contributed by atoms with Gasteiger partial charge in [0.05, 0.1) is 0 Å². The molecule has 3 heteroatoms. The molecule has 1 saturated carbocycles. The van der Waals surface area contributed by atoms with Gasteiger partial charge < -0.3 is 11.1 Å². The molecule has 3 N–H and O–H groups in total. The SMILES string of the molecule is Nc1cc(F)cc(NCCC2CCCC2)c1. The first-order valence-corrected chi connectivity index (χ1v) is 6.04. The summed E-state index contributed by atoms with van der Waals surface area (Å²) in [5.41, 5.74) is 6.84. The zero-order chi connectivity index (χ0) is 11.4. The Balaban J connectivity index is 1.80. The molecule has 16 heavy (non-hydrogen) atoms. The van der Waals surface area contributed by atoms with Gasteiger partial charge in [0.2, 0.25) is 0 Å². The Morgan fingerprint density at radius 1 is 1.25 bits per heavy atom. The van der Waals surface area contributed by atoms with Crippen molar-refractivity contribution in [1.82, 2.24) is 0 Å². The number of anilines is 2. The van der Waals surface area contributed by atoms with Gasteiger partial charge in [0.25, 0.3) is 0 Å². The standard InChI is InChI=1S/C13H19FN2/c14-11-7-12(15)9-13(8-11)16-6-5-10-3-1-2-4-10/h7-10,16H,1-6,15H2. The maximum atomic E-state index is 13.0. The lowest BCUT2D eigenvalue weighted by Gasteiger charge is -2.11. The molecular formula is C13H19FN2. The van der Waals surface area contributed by atoms with Gasteiger partial charge in [-0.25, -0.2) is 4.39 Å². The van der Waals surface area contributed by atoms with E-state index in [0.29, 0.717) is 5.69 Å². The minimum Gasteiger partial charge on any atom is -0.399 e. The summed E-state index contributed by atoms with van der Waals surface area (Å²) in [6.45, 7) is 0.910. The van der Waals surface area contributed by atoms with Crippen LogP contribution in [-0.4, -0.2) is 6.54 Å². The van der Waals surface area contributed by atoms with Gasteiger partial charge in [-0.3, -0.25) is 0 Å². The summed E-state index contributed by atoms with van der Waals surface area (Å²) in [6.07, 6.45) is 6.63. The highest BCUT2D eigenvalue weighted by atomic mass is 19.1. The summed E-state index contributed by atoms with van der Waals surface area (Å²) in [4.78, 5) is 0. The summed E-state index contributed by atoms with van der Waals surface area (Å²) < 4.78 is 13.0. The van der Waals surface area contributed by atoms with Gasteiger partial charge in [0, 0.05) is 17.9 Å². The maximum absolute atomic E-state index is 13.0. The van der Waals surface area contributed by atoms with Crippen LogP contribution in [0.2, 0.25) is 0 Å². The molecule has 1 aliphatic carbocycles. The Bertz CT molecular complexity index is 326. The van der Waals surface area contributed by atoms with Crippen molar-refractivity contribution in [3.05, 3.63) is 24.0 Å². The molecular weight excluding hydrogens is 203 g/mol. The highest BCUT2D eigenvalue weighted by Gasteiger charge is 2.13. The lowest BCUT2D eigenvalue weighted by atomic mass is 10.0. The molecule has 0 radical (unpaired) electrons. The van der Waals surface area contributed by atoms with Crippen LogP contribution in [0, 0.1) is 11.7 Å². The molecule has 1 fully saturated rings. The second kappa shape index (κ2) is 5.19. The average Bonchev–Trinajstić information content (AvgIpc) is 2.69. The number of hydrogen-bond acceptors (Lipinski definition) is 2. The number of nitrogen functional groups attached to an aromatic ring is 1. The van der Waals surface area contributed by atoms with Crippen molar-refractivity contribution in [2.24, 2.45) is 5.92 Å². The molecule has 2 nitrogen and oxygen atoms in total. The lowest BCUT2D eigenvalue weighted by Crippen LogP contribution is -2.07. The Morgan fingerprint density at radius 2 is 2.00 bits per heavy atom. The first-order valence-electron chi connectivity index (χ1n) is 6.04. The van der Waals surface area contributed by atoms with Crippen molar-refractivity contribution in [2.45, 2.75) is 32.1 Å². The van der Waals surface area contributed by atoms with E-state index in [1.54, 1.807) is 6.07 Å². The smallest absolute Gasteiger partial charge is 0.127 e. The van der Waals surface area contributed by atoms with E-state index in [1.165, 1.54) is 44.2 Å². The maximum Gasteiger partial charge on any atom is 0.127 e. The van der Waals surface area contributed by atoms with E-state index in [-0.39, 0.29) is 5.82 Å². The third kappa shape index (κ3) is 3.12. The topological polar surface area (TPSA) is 38.0 Å². The third-order valence-electron chi connectivity index (χ3n) is 3.28. The van der Waals surface area contributed by atoms with Crippen molar-refractivity contribution in [3.8, 4) is 0 Å². The summed E-state index contributed by atoms with van der Waals surface area (Å²) in [5.74, 6) is 0.585. The molecule has 0 aromatic heterocycles. The van der Waals surface area contributed by atoms with Gasteiger partial charge in [-0.15, -0.1) is 0 Å². The largest absolute Gasteiger partial charge is 0.399 e. The number of nitrogens with two attached hydrogens (primary N) is 1. The van der Waals surface area contributed by atoms with Crippen molar-refractivity contribution in [3.63, 3.8) is 0 Å². The lowest BCUT2D eigenvalue weighted by molar-refractivity contribution is 0.518. The van der Waals surface area contributed by atoms with Crippen LogP contribution in [0.4, 0.5) is 15.8 Å². The van der Waals surface area contributed by atoms with E-state index in [0.717, 1.165) is 18.2 Å². The molecule has 0 spiro atoms. The van der Waals surface area contributed by atoms with E-state index >= 15 is 0 Å². The number of nitrogens with one attached hydrogen (secondary N) is 1. The Kier molecular flexibility index (Phi) is 3.65. The van der Waals surface area contributed by atoms with E-state index in [2.05, 4.69) is 5.32 Å². The van der Waals surface area contributed by atoms with Crippen molar-refractivity contribution < 1.29 is 4.39 Å². The summed E-state index contributed by atoms with van der Waals surface area (Å²) in [7, 11) is 0. The van der Waals surface area contributed by atoms with Crippen LogP contribution in [0.25, 0.3) is 0 Å². The molecule has 2 rings (SSSR count). The van der Waals surface area contributed by atoms with Crippen LogP contribution >= 0.6 is 0 Å². The van der Waals surface area contributed by atoms with Crippen LogP contribution in [0.1, 0.15) is 32.1 Å². The molecule has 0 atom stereocenters. The molecule has 1 aliphatic rings. The van der Waals surface area contributed by atoms with Crippen molar-refractivity contribution in [2.75, 3.05) is 17.6 Å². The third-order valence-corrected chi connectivity index (χ3v) is 3.28. The summed E-state index contributed by atoms with van der Waals surface area (Å²) in [6, 6.07) is 4.60. The van der Waals surface area contributed by atoms with Gasteiger partial charge in [0.15, 0.2) is 0 Å². The first kappa shape index (κ1) is 11.2. The van der Waals surface area contributed by atoms with E-state index in [1.807, 2.05) is 0 Å². The van der Waals surface area contributed by atoms with E-state index < -0.39 is 0 Å². The molecule has 0 bridgehead atoms. The second-order valence-corrected chi connectivity index (χ2v) is 4.64. The Labute approximate surface area is 96.0 Å². The zero-order valence-electron chi connectivity index (χ0n) is 9.51. The van der Waals surface area contributed by atoms with Gasteiger partial charge in [-0.2, -0.15) is 0 Å². The van der Waals surface area contributed by atoms with Crippen molar-refractivity contribution >= 4 is 11.4 Å². The monoisotopic (exact) mass is 222 g/mol. The normalized spacial score (nSPS) is 16.6. The second-order valence-electron chi connectivity index (χ2n) is 4.64. The zero-order valence-corrected chi connectivity index (χ0v) is 9.51. The number of halogens is 1.